The van der Waals surface area contributed by atoms with Gasteiger partial charge in [0.2, 0.25) is 0 Å². The molecular weight excluding hydrogens is 190 g/mol. The minimum atomic E-state index is -0.766. The molecule has 1 aromatic rings. The highest BCUT2D eigenvalue weighted by Crippen LogP contribution is 2.19. The van der Waals surface area contributed by atoms with Gasteiger partial charge < -0.3 is 9.84 Å². The molecule has 0 aliphatic heterocycles. The second kappa shape index (κ2) is 4.37. The zero-order valence-corrected chi connectivity index (χ0v) is 8.00. The summed E-state index contributed by atoms with van der Waals surface area (Å²) >= 11 is 0. The standard InChI is InChI=1S/C10H12F2O2/c1-6(13)7(2)14-10-4-3-8(11)5-9(10)12/h3-7,13H,1-2H3/t6-,7?/m1/s1. The molecule has 0 aliphatic carbocycles. The molecule has 0 aliphatic rings. The lowest BCUT2D eigenvalue weighted by Crippen LogP contribution is -2.25. The molecule has 0 radical (unpaired) electrons. The first-order valence-electron chi connectivity index (χ1n) is 4.30. The Hall–Kier alpha value is -1.16. The van der Waals surface area contributed by atoms with Crippen LogP contribution in [0.2, 0.25) is 0 Å². The van der Waals surface area contributed by atoms with Crippen LogP contribution in [0.15, 0.2) is 18.2 Å². The second-order valence-corrected chi connectivity index (χ2v) is 3.14. The van der Waals surface area contributed by atoms with E-state index in [1.165, 1.54) is 13.0 Å². The van der Waals surface area contributed by atoms with E-state index in [2.05, 4.69) is 0 Å². The van der Waals surface area contributed by atoms with Crippen molar-refractivity contribution < 1.29 is 18.6 Å². The van der Waals surface area contributed by atoms with Crippen LogP contribution in [-0.4, -0.2) is 17.3 Å². The monoisotopic (exact) mass is 202 g/mol. The predicted molar refractivity (Wildman–Crippen MR) is 48.1 cm³/mol. The Morgan fingerprint density at radius 1 is 1.29 bits per heavy atom. The van der Waals surface area contributed by atoms with Crippen molar-refractivity contribution in [1.29, 1.82) is 0 Å². The summed E-state index contributed by atoms with van der Waals surface area (Å²) in [6.07, 6.45) is -1.24. The van der Waals surface area contributed by atoms with E-state index in [4.69, 9.17) is 9.84 Å². The van der Waals surface area contributed by atoms with E-state index < -0.39 is 23.8 Å². The van der Waals surface area contributed by atoms with Gasteiger partial charge in [0, 0.05) is 6.07 Å². The average molecular weight is 202 g/mol. The van der Waals surface area contributed by atoms with Crippen molar-refractivity contribution in [1.82, 2.24) is 0 Å². The molecule has 4 heteroatoms. The minimum Gasteiger partial charge on any atom is -0.485 e. The smallest absolute Gasteiger partial charge is 0.167 e. The summed E-state index contributed by atoms with van der Waals surface area (Å²) in [5.41, 5.74) is 0. The maximum absolute atomic E-state index is 13.0. The number of aliphatic hydroxyl groups excluding tert-OH is 1. The lowest BCUT2D eigenvalue weighted by Gasteiger charge is -2.17. The van der Waals surface area contributed by atoms with Gasteiger partial charge in [0.05, 0.1) is 6.10 Å². The number of ether oxygens (including phenoxy) is 1. The first kappa shape index (κ1) is 10.9. The van der Waals surface area contributed by atoms with Crippen LogP contribution >= 0.6 is 0 Å². The number of hydrogen-bond acceptors (Lipinski definition) is 2. The highest BCUT2D eigenvalue weighted by atomic mass is 19.1. The van der Waals surface area contributed by atoms with Gasteiger partial charge in [0.1, 0.15) is 11.9 Å². The molecule has 2 atom stereocenters. The molecule has 0 saturated heterocycles. The topological polar surface area (TPSA) is 29.5 Å². The van der Waals surface area contributed by atoms with Gasteiger partial charge in [-0.1, -0.05) is 0 Å². The lowest BCUT2D eigenvalue weighted by molar-refractivity contribution is 0.0578. The highest BCUT2D eigenvalue weighted by Gasteiger charge is 2.13. The molecule has 0 heterocycles. The maximum Gasteiger partial charge on any atom is 0.167 e. The van der Waals surface area contributed by atoms with E-state index in [1.807, 2.05) is 0 Å². The molecule has 0 amide bonds. The third kappa shape index (κ3) is 2.67. The van der Waals surface area contributed by atoms with Gasteiger partial charge in [-0.25, -0.2) is 8.78 Å². The Morgan fingerprint density at radius 3 is 2.43 bits per heavy atom. The SMILES string of the molecule is CC(Oc1ccc(F)cc1F)[C@@H](C)O. The van der Waals surface area contributed by atoms with Crippen molar-refractivity contribution in [2.45, 2.75) is 26.1 Å². The first-order chi connectivity index (χ1) is 6.50. The molecular formula is C10H12F2O2. The molecule has 0 saturated carbocycles. The normalized spacial score (nSPS) is 14.9. The molecule has 0 bridgehead atoms. The van der Waals surface area contributed by atoms with E-state index in [0.29, 0.717) is 0 Å². The number of rotatable bonds is 3. The van der Waals surface area contributed by atoms with Crippen LogP contribution in [0, 0.1) is 11.6 Å². The van der Waals surface area contributed by atoms with Gasteiger partial charge in [0.15, 0.2) is 11.6 Å². The summed E-state index contributed by atoms with van der Waals surface area (Å²) in [6, 6.07) is 3.04. The maximum atomic E-state index is 13.0. The summed E-state index contributed by atoms with van der Waals surface area (Å²) in [6.45, 7) is 3.14. The van der Waals surface area contributed by atoms with Crippen LogP contribution < -0.4 is 4.74 Å². The van der Waals surface area contributed by atoms with Gasteiger partial charge in [-0.2, -0.15) is 0 Å². The summed E-state index contributed by atoms with van der Waals surface area (Å²) in [7, 11) is 0. The fourth-order valence-electron chi connectivity index (χ4n) is 0.870. The predicted octanol–water partition coefficient (Wildman–Crippen LogP) is 2.11. The molecule has 78 valence electrons. The fourth-order valence-corrected chi connectivity index (χ4v) is 0.870. The van der Waals surface area contributed by atoms with Gasteiger partial charge in [-0.05, 0) is 26.0 Å². The minimum absolute atomic E-state index is 0.0557. The quantitative estimate of drug-likeness (QED) is 0.813. The van der Waals surface area contributed by atoms with Gasteiger partial charge in [-0.15, -0.1) is 0 Å². The Labute approximate surface area is 81.1 Å². The average Bonchev–Trinajstić information content (AvgIpc) is 2.09. The number of halogens is 2. The number of aliphatic hydroxyl groups is 1. The molecule has 0 aromatic heterocycles. The van der Waals surface area contributed by atoms with E-state index in [1.54, 1.807) is 6.92 Å². The van der Waals surface area contributed by atoms with Crippen LogP contribution in [0.1, 0.15) is 13.8 Å². The van der Waals surface area contributed by atoms with Gasteiger partial charge in [0.25, 0.3) is 0 Å². The van der Waals surface area contributed by atoms with Crippen molar-refractivity contribution >= 4 is 0 Å². The lowest BCUT2D eigenvalue weighted by atomic mass is 10.2. The van der Waals surface area contributed by atoms with E-state index in [9.17, 15) is 8.78 Å². The molecule has 1 rings (SSSR count). The van der Waals surface area contributed by atoms with Crippen molar-refractivity contribution in [3.63, 3.8) is 0 Å². The summed E-state index contributed by atoms with van der Waals surface area (Å²) in [5, 5.41) is 9.11. The summed E-state index contributed by atoms with van der Waals surface area (Å²) in [5.74, 6) is -1.48. The third-order valence-electron chi connectivity index (χ3n) is 1.89. The van der Waals surface area contributed by atoms with Gasteiger partial charge in [-0.3, -0.25) is 0 Å². The summed E-state index contributed by atoms with van der Waals surface area (Å²) < 4.78 is 30.6. The Morgan fingerprint density at radius 2 is 1.93 bits per heavy atom. The Bertz CT molecular complexity index is 313. The molecule has 0 spiro atoms. The molecule has 14 heavy (non-hydrogen) atoms. The Balaban J connectivity index is 2.77. The van der Waals surface area contributed by atoms with Crippen LogP contribution in [-0.2, 0) is 0 Å². The fraction of sp³-hybridized carbons (Fsp3) is 0.400. The first-order valence-corrected chi connectivity index (χ1v) is 4.30. The molecule has 2 nitrogen and oxygen atoms in total. The van der Waals surface area contributed by atoms with Crippen molar-refractivity contribution in [3.05, 3.63) is 29.8 Å². The Kier molecular flexibility index (Phi) is 3.41. The second-order valence-electron chi connectivity index (χ2n) is 3.14. The van der Waals surface area contributed by atoms with Crippen molar-refractivity contribution in [2.24, 2.45) is 0 Å². The molecule has 0 fully saturated rings. The zero-order valence-electron chi connectivity index (χ0n) is 8.00. The number of benzene rings is 1. The molecule has 1 N–H and O–H groups in total. The van der Waals surface area contributed by atoms with Crippen LogP contribution in [0.25, 0.3) is 0 Å². The van der Waals surface area contributed by atoms with Crippen molar-refractivity contribution in [2.75, 3.05) is 0 Å². The summed E-state index contributed by atoms with van der Waals surface area (Å²) in [4.78, 5) is 0. The molecule has 1 unspecified atom stereocenters. The van der Waals surface area contributed by atoms with Crippen LogP contribution in [0.3, 0.4) is 0 Å². The van der Waals surface area contributed by atoms with E-state index in [0.717, 1.165) is 12.1 Å². The largest absolute Gasteiger partial charge is 0.485 e. The number of hydrogen-bond donors (Lipinski definition) is 1. The van der Waals surface area contributed by atoms with Crippen LogP contribution in [0.4, 0.5) is 8.78 Å². The van der Waals surface area contributed by atoms with E-state index in [-0.39, 0.29) is 5.75 Å². The van der Waals surface area contributed by atoms with E-state index >= 15 is 0 Å². The van der Waals surface area contributed by atoms with Crippen LogP contribution in [0.5, 0.6) is 5.75 Å². The molecule has 1 aromatic carbocycles. The zero-order chi connectivity index (χ0) is 10.7. The van der Waals surface area contributed by atoms with Crippen molar-refractivity contribution in [3.8, 4) is 5.75 Å². The highest BCUT2D eigenvalue weighted by molar-refractivity contribution is 5.24. The third-order valence-corrected chi connectivity index (χ3v) is 1.89. The van der Waals surface area contributed by atoms with Gasteiger partial charge >= 0.3 is 0 Å².